The van der Waals surface area contributed by atoms with Gasteiger partial charge in [-0.25, -0.2) is 5.43 Å². The van der Waals surface area contributed by atoms with Crippen LogP contribution in [0.1, 0.15) is 44.1 Å². The van der Waals surface area contributed by atoms with Crippen LogP contribution in [0, 0.1) is 0 Å². The molecule has 0 aliphatic carbocycles. The summed E-state index contributed by atoms with van der Waals surface area (Å²) in [4.78, 5) is 22.6. The SMILES string of the molecule is C(=N\Nc1nc(N2CCCCC2)nc(N2CCCCC2)n1)/c1cccnc1. The molecule has 2 saturated heterocycles. The number of aromatic nitrogens is 4. The molecule has 27 heavy (non-hydrogen) atoms. The maximum atomic E-state index is 4.77. The zero-order valence-electron chi connectivity index (χ0n) is 15.6. The number of hydrogen-bond donors (Lipinski definition) is 1. The topological polar surface area (TPSA) is 82.4 Å². The predicted molar refractivity (Wildman–Crippen MR) is 107 cm³/mol. The number of anilines is 3. The highest BCUT2D eigenvalue weighted by atomic mass is 15.4. The first kappa shape index (κ1) is 17.6. The fourth-order valence-electron chi connectivity index (χ4n) is 3.49. The van der Waals surface area contributed by atoms with Crippen molar-refractivity contribution in [2.75, 3.05) is 41.4 Å². The van der Waals surface area contributed by atoms with Crippen LogP contribution in [-0.2, 0) is 0 Å². The van der Waals surface area contributed by atoms with Crippen LogP contribution in [0.15, 0.2) is 29.6 Å². The van der Waals surface area contributed by atoms with E-state index in [0.29, 0.717) is 5.95 Å². The summed E-state index contributed by atoms with van der Waals surface area (Å²) in [6, 6.07) is 3.83. The Morgan fingerprint density at radius 3 is 2.04 bits per heavy atom. The molecule has 142 valence electrons. The number of hydrogen-bond acceptors (Lipinski definition) is 8. The van der Waals surface area contributed by atoms with E-state index in [-0.39, 0.29) is 0 Å². The predicted octanol–water partition coefficient (Wildman–Crippen LogP) is 2.69. The van der Waals surface area contributed by atoms with Gasteiger partial charge in [-0.1, -0.05) is 6.07 Å². The van der Waals surface area contributed by atoms with Crippen LogP contribution in [0.4, 0.5) is 17.8 Å². The van der Waals surface area contributed by atoms with E-state index in [4.69, 9.17) is 4.98 Å². The molecule has 0 saturated carbocycles. The summed E-state index contributed by atoms with van der Waals surface area (Å²) >= 11 is 0. The first-order valence-corrected chi connectivity index (χ1v) is 9.83. The molecule has 0 unspecified atom stereocenters. The molecular weight excluding hydrogens is 340 g/mol. The first-order valence-electron chi connectivity index (χ1n) is 9.83. The van der Waals surface area contributed by atoms with Gasteiger partial charge in [0.25, 0.3) is 0 Å². The molecule has 0 radical (unpaired) electrons. The van der Waals surface area contributed by atoms with Crippen LogP contribution < -0.4 is 15.2 Å². The van der Waals surface area contributed by atoms with Gasteiger partial charge >= 0.3 is 0 Å². The second-order valence-corrected chi connectivity index (χ2v) is 7.01. The summed E-state index contributed by atoms with van der Waals surface area (Å²) in [5, 5.41) is 4.28. The highest BCUT2D eigenvalue weighted by Gasteiger charge is 2.20. The Morgan fingerprint density at radius 2 is 1.48 bits per heavy atom. The van der Waals surface area contributed by atoms with Gasteiger partial charge in [-0.2, -0.15) is 20.1 Å². The normalized spacial score (nSPS) is 18.1. The third-order valence-corrected chi connectivity index (χ3v) is 4.95. The number of pyridine rings is 1. The molecule has 0 atom stereocenters. The molecule has 0 spiro atoms. The van der Waals surface area contributed by atoms with Gasteiger partial charge in [0.15, 0.2) is 0 Å². The molecule has 8 heteroatoms. The number of hydrazone groups is 1. The van der Waals surface area contributed by atoms with Crippen molar-refractivity contribution in [1.29, 1.82) is 0 Å². The lowest BCUT2D eigenvalue weighted by Crippen LogP contribution is -2.34. The standard InChI is InChI=1S/C19H26N8/c1-3-10-26(11-4-1)18-22-17(25-21-15-16-8-7-9-20-14-16)23-19(24-18)27-12-5-2-6-13-27/h7-9,14-15H,1-6,10-13H2,(H,22,23,24,25)/b21-15+. The number of nitrogens with zero attached hydrogens (tertiary/aromatic N) is 7. The van der Waals surface area contributed by atoms with Crippen molar-refractivity contribution in [1.82, 2.24) is 19.9 Å². The third-order valence-electron chi connectivity index (χ3n) is 4.95. The van der Waals surface area contributed by atoms with Gasteiger partial charge in [0.05, 0.1) is 6.21 Å². The van der Waals surface area contributed by atoms with Crippen molar-refractivity contribution >= 4 is 24.1 Å². The molecule has 0 amide bonds. The van der Waals surface area contributed by atoms with Crippen LogP contribution in [-0.4, -0.2) is 52.3 Å². The van der Waals surface area contributed by atoms with Crippen molar-refractivity contribution in [3.63, 3.8) is 0 Å². The largest absolute Gasteiger partial charge is 0.341 e. The fourth-order valence-corrected chi connectivity index (χ4v) is 3.49. The summed E-state index contributed by atoms with van der Waals surface area (Å²) in [5.74, 6) is 2.00. The molecule has 4 heterocycles. The third kappa shape index (κ3) is 4.69. The van der Waals surface area contributed by atoms with Crippen molar-refractivity contribution in [3.05, 3.63) is 30.1 Å². The molecular formula is C19H26N8. The number of rotatable bonds is 5. The second-order valence-electron chi connectivity index (χ2n) is 7.01. The molecule has 2 aliphatic rings. The number of nitrogens with one attached hydrogen (secondary N) is 1. The van der Waals surface area contributed by atoms with E-state index in [9.17, 15) is 0 Å². The lowest BCUT2D eigenvalue weighted by Gasteiger charge is -2.30. The maximum Gasteiger partial charge on any atom is 0.250 e. The van der Waals surface area contributed by atoms with Crippen LogP contribution in [0.3, 0.4) is 0 Å². The molecule has 1 N–H and O–H groups in total. The Kier molecular flexibility index (Phi) is 5.71. The van der Waals surface area contributed by atoms with Crippen molar-refractivity contribution < 1.29 is 0 Å². The van der Waals surface area contributed by atoms with Gasteiger partial charge < -0.3 is 9.80 Å². The number of piperidine rings is 2. The van der Waals surface area contributed by atoms with Gasteiger partial charge in [0, 0.05) is 44.1 Å². The Hall–Kier alpha value is -2.77. The van der Waals surface area contributed by atoms with Gasteiger partial charge in [-0.3, -0.25) is 4.98 Å². The highest BCUT2D eigenvalue weighted by molar-refractivity contribution is 5.79. The van der Waals surface area contributed by atoms with E-state index in [2.05, 4.69) is 35.3 Å². The zero-order valence-corrected chi connectivity index (χ0v) is 15.6. The summed E-state index contributed by atoms with van der Waals surface area (Å²) in [6.07, 6.45) is 12.5. The fraction of sp³-hybridized carbons (Fsp3) is 0.526. The van der Waals surface area contributed by atoms with Crippen molar-refractivity contribution in [2.24, 2.45) is 5.10 Å². The van der Waals surface area contributed by atoms with E-state index in [0.717, 1.165) is 43.6 Å². The van der Waals surface area contributed by atoms with E-state index >= 15 is 0 Å². The van der Waals surface area contributed by atoms with E-state index in [1.54, 1.807) is 18.6 Å². The smallest absolute Gasteiger partial charge is 0.250 e. The molecule has 0 aromatic carbocycles. The monoisotopic (exact) mass is 366 g/mol. The minimum Gasteiger partial charge on any atom is -0.341 e. The average Bonchev–Trinajstić information content (AvgIpc) is 2.76. The summed E-state index contributed by atoms with van der Waals surface area (Å²) in [6.45, 7) is 4.01. The summed E-state index contributed by atoms with van der Waals surface area (Å²) < 4.78 is 0. The lowest BCUT2D eigenvalue weighted by molar-refractivity contribution is 0.556. The lowest BCUT2D eigenvalue weighted by atomic mass is 10.1. The maximum absolute atomic E-state index is 4.77. The highest BCUT2D eigenvalue weighted by Crippen LogP contribution is 2.22. The van der Waals surface area contributed by atoms with Gasteiger partial charge in [0.1, 0.15) is 0 Å². The summed E-state index contributed by atoms with van der Waals surface area (Å²) in [5.41, 5.74) is 3.90. The Morgan fingerprint density at radius 1 is 0.852 bits per heavy atom. The Balaban J connectivity index is 1.55. The molecule has 2 aromatic rings. The molecule has 2 aromatic heterocycles. The second kappa shape index (κ2) is 8.75. The van der Waals surface area contributed by atoms with Crippen LogP contribution in [0.2, 0.25) is 0 Å². The zero-order chi connectivity index (χ0) is 18.3. The van der Waals surface area contributed by atoms with Crippen molar-refractivity contribution in [3.8, 4) is 0 Å². The molecule has 8 nitrogen and oxygen atoms in total. The van der Waals surface area contributed by atoms with E-state index in [1.807, 2.05) is 12.1 Å². The molecule has 0 bridgehead atoms. The quantitative estimate of drug-likeness (QED) is 0.643. The van der Waals surface area contributed by atoms with Gasteiger partial charge in [0.2, 0.25) is 17.8 Å². The average molecular weight is 366 g/mol. The Labute approximate surface area is 159 Å². The van der Waals surface area contributed by atoms with Gasteiger partial charge in [-0.15, -0.1) is 0 Å². The minimum atomic E-state index is 0.492. The van der Waals surface area contributed by atoms with Crippen LogP contribution in [0.5, 0.6) is 0 Å². The van der Waals surface area contributed by atoms with Crippen molar-refractivity contribution in [2.45, 2.75) is 38.5 Å². The first-order chi connectivity index (χ1) is 13.4. The minimum absolute atomic E-state index is 0.492. The molecule has 4 rings (SSSR count). The van der Waals surface area contributed by atoms with Crippen LogP contribution >= 0.6 is 0 Å². The van der Waals surface area contributed by atoms with E-state index in [1.165, 1.54) is 38.5 Å². The van der Waals surface area contributed by atoms with E-state index < -0.39 is 0 Å². The van der Waals surface area contributed by atoms with Gasteiger partial charge in [-0.05, 0) is 44.6 Å². The molecule has 2 aliphatic heterocycles. The summed E-state index contributed by atoms with van der Waals surface area (Å²) in [7, 11) is 0. The Bertz CT molecular complexity index is 715. The molecule has 2 fully saturated rings. The van der Waals surface area contributed by atoms with Crippen LogP contribution in [0.25, 0.3) is 0 Å².